The van der Waals surface area contributed by atoms with Crippen molar-refractivity contribution in [2.45, 2.75) is 82.1 Å². The van der Waals surface area contributed by atoms with Crippen LogP contribution in [0.4, 0.5) is 0 Å². The van der Waals surface area contributed by atoms with Gasteiger partial charge in [0.05, 0.1) is 53.7 Å². The Kier molecular flexibility index (Phi) is 5.77. The molecule has 4 bridgehead atoms. The Hall–Kier alpha value is -2.62. The fraction of sp³-hybridized carbons (Fsp3) is 0.630. The van der Waals surface area contributed by atoms with Crippen LogP contribution in [0.3, 0.4) is 0 Å². The third-order valence-corrected chi connectivity index (χ3v) is 8.77. The number of allylic oxidation sites excluding steroid dienone is 1. The van der Waals surface area contributed by atoms with Crippen molar-refractivity contribution in [3.63, 3.8) is 0 Å². The van der Waals surface area contributed by atoms with E-state index in [4.69, 9.17) is 5.10 Å². The highest BCUT2D eigenvalue weighted by atomic mass is 16.3. The topological polar surface area (TPSA) is 138 Å². The molecule has 2 aromatic heterocycles. The molecule has 0 spiro atoms. The van der Waals surface area contributed by atoms with Crippen molar-refractivity contribution >= 4 is 28.7 Å². The van der Waals surface area contributed by atoms with E-state index in [0.29, 0.717) is 23.4 Å². The quantitative estimate of drug-likeness (QED) is 0.408. The molecule has 4 N–H and O–H groups in total. The molecule has 9 nitrogen and oxygen atoms in total. The highest BCUT2D eigenvalue weighted by molar-refractivity contribution is 6.36. The Labute approximate surface area is 209 Å². The van der Waals surface area contributed by atoms with E-state index in [-0.39, 0.29) is 25.5 Å². The third-order valence-electron chi connectivity index (χ3n) is 8.77. The molecule has 0 aliphatic heterocycles. The van der Waals surface area contributed by atoms with Gasteiger partial charge in [0.1, 0.15) is 0 Å². The number of aliphatic hydroxyl groups is 3. The van der Waals surface area contributed by atoms with E-state index in [9.17, 15) is 24.9 Å². The van der Waals surface area contributed by atoms with Crippen LogP contribution >= 0.6 is 0 Å². The molecule has 0 radical (unpaired) electrons. The van der Waals surface area contributed by atoms with Crippen molar-refractivity contribution in [3.05, 3.63) is 29.2 Å². The van der Waals surface area contributed by atoms with E-state index in [0.717, 1.165) is 60.7 Å². The normalized spacial score (nSPS) is 31.6. The molecular formula is C27H34N4O5. The maximum Gasteiger partial charge on any atom is 0.288 e. The molecule has 7 atom stereocenters. The van der Waals surface area contributed by atoms with Gasteiger partial charge in [0.15, 0.2) is 0 Å². The summed E-state index contributed by atoms with van der Waals surface area (Å²) in [6.45, 7) is 1.21. The number of carbonyl (C=O) groups excluding carboxylic acids is 2. The number of fused-ring (bicyclic) bond motifs is 3. The van der Waals surface area contributed by atoms with Crippen LogP contribution in [0, 0.1) is 17.8 Å². The summed E-state index contributed by atoms with van der Waals surface area (Å²) in [5, 5.41) is 38.5. The molecule has 192 valence electrons. The Morgan fingerprint density at radius 1 is 1.25 bits per heavy atom. The lowest BCUT2D eigenvalue weighted by atomic mass is 9.52. The van der Waals surface area contributed by atoms with Crippen LogP contribution in [0.5, 0.6) is 0 Å². The molecule has 1 amide bonds. The van der Waals surface area contributed by atoms with Crippen LogP contribution in [0.25, 0.3) is 17.0 Å². The van der Waals surface area contributed by atoms with Gasteiger partial charge in [-0.05, 0) is 63.2 Å². The van der Waals surface area contributed by atoms with Crippen molar-refractivity contribution in [1.82, 2.24) is 20.1 Å². The minimum atomic E-state index is -0.789. The van der Waals surface area contributed by atoms with E-state index < -0.39 is 29.4 Å². The number of aromatic nitrogens is 3. The number of ketones is 1. The summed E-state index contributed by atoms with van der Waals surface area (Å²) in [6.07, 6.45) is 10.7. The molecule has 4 saturated carbocycles. The SMILES string of the molecule is CC(O)C[C@@H](CO)NC(=O)C(=O)Cc1nn(C2[C@@H]3CC4C[C@H]2CC(O)(C4)C3)c2c3c(ncc12)CC=C3. The summed E-state index contributed by atoms with van der Waals surface area (Å²) in [4.78, 5) is 30.2. The standard InChI is InChI=1S/C27H34N4O5/c1-14(33)5-18(13-32)29-26(35)23(34)8-22-20-12-28-21-4-2-3-19(21)25(20)31(30-22)24-16-6-15-7-17(24)11-27(36,9-15)10-16/h2-3,12,14-18,24,32-33,36H,4-11,13H2,1H3,(H,29,35)/t14?,15?,16-,17+,18-,24?,27?/m0/s1. The highest BCUT2D eigenvalue weighted by Gasteiger charge is 2.56. The largest absolute Gasteiger partial charge is 0.394 e. The first kappa shape index (κ1) is 23.8. The van der Waals surface area contributed by atoms with Gasteiger partial charge in [-0.2, -0.15) is 5.10 Å². The van der Waals surface area contributed by atoms with Crippen molar-refractivity contribution in [2.75, 3.05) is 6.61 Å². The average Bonchev–Trinajstić information content (AvgIpc) is 3.41. The van der Waals surface area contributed by atoms with Gasteiger partial charge in [-0.3, -0.25) is 19.3 Å². The van der Waals surface area contributed by atoms with Gasteiger partial charge in [-0.15, -0.1) is 0 Å². The zero-order valence-corrected chi connectivity index (χ0v) is 20.6. The van der Waals surface area contributed by atoms with Gasteiger partial charge in [-0.25, -0.2) is 0 Å². The number of Topliss-reactive ketones (excluding diaryl/α,β-unsaturated/α-hetero) is 1. The maximum atomic E-state index is 12.9. The van der Waals surface area contributed by atoms with E-state index in [1.165, 1.54) is 0 Å². The van der Waals surface area contributed by atoms with Gasteiger partial charge in [0.25, 0.3) is 5.91 Å². The van der Waals surface area contributed by atoms with E-state index in [2.05, 4.69) is 27.1 Å². The molecule has 4 fully saturated rings. The van der Waals surface area contributed by atoms with Crippen LogP contribution in [0.15, 0.2) is 12.3 Å². The first-order valence-corrected chi connectivity index (χ1v) is 13.1. The third kappa shape index (κ3) is 3.97. The molecule has 7 rings (SSSR count). The fourth-order valence-corrected chi connectivity index (χ4v) is 7.66. The zero-order valence-electron chi connectivity index (χ0n) is 20.6. The molecule has 4 unspecified atom stereocenters. The Morgan fingerprint density at radius 3 is 2.67 bits per heavy atom. The van der Waals surface area contributed by atoms with Gasteiger partial charge in [0, 0.05) is 23.6 Å². The summed E-state index contributed by atoms with van der Waals surface area (Å²) in [7, 11) is 0. The predicted octanol–water partition coefficient (Wildman–Crippen LogP) is 1.47. The lowest BCUT2D eigenvalue weighted by Crippen LogP contribution is -2.55. The number of aliphatic hydroxyl groups excluding tert-OH is 2. The fourth-order valence-electron chi connectivity index (χ4n) is 7.66. The number of pyridine rings is 1. The highest BCUT2D eigenvalue weighted by Crippen LogP contribution is 2.60. The number of nitrogens with one attached hydrogen (secondary N) is 1. The van der Waals surface area contributed by atoms with Gasteiger partial charge in [0.2, 0.25) is 5.78 Å². The molecule has 0 aromatic carbocycles. The molecule has 5 aliphatic carbocycles. The maximum absolute atomic E-state index is 12.9. The average molecular weight is 495 g/mol. The number of nitrogens with zero attached hydrogens (tertiary/aromatic N) is 3. The smallest absolute Gasteiger partial charge is 0.288 e. The number of hydrogen-bond donors (Lipinski definition) is 4. The Balaban J connectivity index is 1.33. The van der Waals surface area contributed by atoms with Gasteiger partial charge >= 0.3 is 0 Å². The van der Waals surface area contributed by atoms with E-state index >= 15 is 0 Å². The Bertz CT molecular complexity index is 1230. The van der Waals surface area contributed by atoms with Crippen LogP contribution in [-0.4, -0.2) is 66.1 Å². The summed E-state index contributed by atoms with van der Waals surface area (Å²) >= 11 is 0. The first-order valence-electron chi connectivity index (χ1n) is 13.1. The van der Waals surface area contributed by atoms with Crippen LogP contribution in [-0.2, 0) is 22.4 Å². The number of amides is 1. The second-order valence-electron chi connectivity index (χ2n) is 11.6. The van der Waals surface area contributed by atoms with E-state index in [1.54, 1.807) is 13.1 Å². The molecule has 0 saturated heterocycles. The second kappa shape index (κ2) is 8.75. The first-order chi connectivity index (χ1) is 17.2. The summed E-state index contributed by atoms with van der Waals surface area (Å²) in [6, 6.07) is -0.531. The lowest BCUT2D eigenvalue weighted by molar-refractivity contribution is -0.148. The predicted molar refractivity (Wildman–Crippen MR) is 132 cm³/mol. The minimum Gasteiger partial charge on any atom is -0.394 e. The van der Waals surface area contributed by atoms with Gasteiger partial charge in [-0.1, -0.05) is 12.2 Å². The van der Waals surface area contributed by atoms with Crippen molar-refractivity contribution in [1.29, 1.82) is 0 Å². The van der Waals surface area contributed by atoms with Crippen molar-refractivity contribution in [3.8, 4) is 0 Å². The monoisotopic (exact) mass is 494 g/mol. The Morgan fingerprint density at radius 2 is 2.00 bits per heavy atom. The van der Waals surface area contributed by atoms with Crippen LogP contribution in [0.2, 0.25) is 0 Å². The van der Waals surface area contributed by atoms with Crippen LogP contribution < -0.4 is 5.32 Å². The molecule has 5 aliphatic rings. The summed E-state index contributed by atoms with van der Waals surface area (Å²) in [5.74, 6) is -0.166. The number of rotatable bonds is 8. The minimum absolute atomic E-state index is 0.160. The zero-order chi connectivity index (χ0) is 25.2. The second-order valence-corrected chi connectivity index (χ2v) is 11.6. The molecule has 9 heteroatoms. The molecular weight excluding hydrogens is 460 g/mol. The molecule has 36 heavy (non-hydrogen) atoms. The van der Waals surface area contributed by atoms with E-state index in [1.807, 2.05) is 0 Å². The number of hydrogen-bond acceptors (Lipinski definition) is 7. The van der Waals surface area contributed by atoms with Crippen molar-refractivity contribution < 1.29 is 24.9 Å². The molecule has 2 aromatic rings. The molecule has 2 heterocycles. The van der Waals surface area contributed by atoms with Crippen LogP contribution in [0.1, 0.15) is 68.4 Å². The summed E-state index contributed by atoms with van der Waals surface area (Å²) < 4.78 is 2.10. The van der Waals surface area contributed by atoms with Gasteiger partial charge < -0.3 is 20.6 Å². The number of carbonyl (C=O) groups is 2. The summed E-state index contributed by atoms with van der Waals surface area (Å²) in [5.41, 5.74) is 2.98. The van der Waals surface area contributed by atoms with Crippen molar-refractivity contribution in [2.24, 2.45) is 17.8 Å². The lowest BCUT2D eigenvalue weighted by Gasteiger charge is -2.58.